The Kier molecular flexibility index (Phi) is 3.77. The molecule has 0 aromatic carbocycles. The minimum absolute atomic E-state index is 0.0602. The topological polar surface area (TPSA) is 30.0 Å². The SMILES string of the molecule is Cc1ncc(C(F)F)c(I)c1C(=O)Cl. The molecule has 1 rings (SSSR count). The first-order valence-corrected chi connectivity index (χ1v) is 5.03. The molecule has 0 amide bonds. The average molecular weight is 331 g/mol. The van der Waals surface area contributed by atoms with Crippen molar-refractivity contribution in [3.05, 3.63) is 26.6 Å². The molecule has 14 heavy (non-hydrogen) atoms. The number of halogens is 4. The number of nitrogens with zero attached hydrogens (tertiary/aromatic N) is 1. The predicted octanol–water partition coefficient (Wildman–Crippen LogP) is 3.31. The van der Waals surface area contributed by atoms with E-state index in [0.29, 0.717) is 5.69 Å². The van der Waals surface area contributed by atoms with Crippen molar-refractivity contribution in [1.29, 1.82) is 0 Å². The summed E-state index contributed by atoms with van der Waals surface area (Å²) in [6, 6.07) is 0. The molecule has 0 N–H and O–H groups in total. The highest BCUT2D eigenvalue weighted by atomic mass is 127. The maximum absolute atomic E-state index is 12.4. The van der Waals surface area contributed by atoms with Crippen LogP contribution in [0, 0.1) is 10.5 Å². The number of alkyl halides is 2. The van der Waals surface area contributed by atoms with Crippen molar-refractivity contribution in [2.75, 3.05) is 0 Å². The van der Waals surface area contributed by atoms with Crippen LogP contribution >= 0.6 is 34.2 Å². The van der Waals surface area contributed by atoms with Gasteiger partial charge < -0.3 is 0 Å². The van der Waals surface area contributed by atoms with Gasteiger partial charge in [0.2, 0.25) is 0 Å². The van der Waals surface area contributed by atoms with E-state index >= 15 is 0 Å². The van der Waals surface area contributed by atoms with Gasteiger partial charge in [0.1, 0.15) is 0 Å². The van der Waals surface area contributed by atoms with Crippen LogP contribution in [0.5, 0.6) is 0 Å². The fraction of sp³-hybridized carbons (Fsp3) is 0.250. The Morgan fingerprint density at radius 2 is 2.21 bits per heavy atom. The van der Waals surface area contributed by atoms with Crippen LogP contribution in [0.25, 0.3) is 0 Å². The molecule has 76 valence electrons. The standard InChI is InChI=1S/C8H5ClF2INO/c1-3-5(7(9)14)6(12)4(2-13-3)8(10)11/h2,8H,1H3. The van der Waals surface area contributed by atoms with Gasteiger partial charge in [0.25, 0.3) is 11.7 Å². The van der Waals surface area contributed by atoms with Gasteiger partial charge in [0.05, 0.1) is 16.8 Å². The minimum atomic E-state index is -2.65. The van der Waals surface area contributed by atoms with Gasteiger partial charge >= 0.3 is 0 Å². The van der Waals surface area contributed by atoms with Crippen molar-refractivity contribution in [3.8, 4) is 0 Å². The predicted molar refractivity (Wildman–Crippen MR) is 56.8 cm³/mol. The number of hydrogen-bond donors (Lipinski definition) is 0. The summed E-state index contributed by atoms with van der Waals surface area (Å²) in [5, 5.41) is -0.762. The molecular formula is C8H5ClF2INO. The second-order valence-electron chi connectivity index (χ2n) is 2.56. The molecule has 0 unspecified atom stereocenters. The Bertz CT molecular complexity index is 384. The second kappa shape index (κ2) is 4.48. The molecule has 0 saturated heterocycles. The summed E-state index contributed by atoms with van der Waals surface area (Å²) in [7, 11) is 0. The zero-order chi connectivity index (χ0) is 10.9. The number of aromatic nitrogens is 1. The van der Waals surface area contributed by atoms with E-state index in [1.807, 2.05) is 0 Å². The van der Waals surface area contributed by atoms with Crippen molar-refractivity contribution < 1.29 is 13.6 Å². The van der Waals surface area contributed by atoms with Gasteiger partial charge in [-0.15, -0.1) is 0 Å². The molecule has 6 heteroatoms. The maximum atomic E-state index is 12.4. The van der Waals surface area contributed by atoms with Crippen molar-refractivity contribution >= 4 is 39.4 Å². The normalized spacial score (nSPS) is 10.7. The number of aryl methyl sites for hydroxylation is 1. The van der Waals surface area contributed by atoms with Crippen LogP contribution in [0.4, 0.5) is 8.78 Å². The van der Waals surface area contributed by atoms with Crippen LogP contribution in [0.2, 0.25) is 0 Å². The first-order valence-electron chi connectivity index (χ1n) is 3.58. The largest absolute Gasteiger partial charge is 0.275 e. The van der Waals surface area contributed by atoms with E-state index < -0.39 is 11.7 Å². The summed E-state index contributed by atoms with van der Waals surface area (Å²) in [6.45, 7) is 1.55. The third-order valence-corrected chi connectivity index (χ3v) is 3.01. The number of hydrogen-bond acceptors (Lipinski definition) is 2. The first-order chi connectivity index (χ1) is 6.45. The lowest BCUT2D eigenvalue weighted by Crippen LogP contribution is -2.04. The first kappa shape index (κ1) is 11.8. The Morgan fingerprint density at radius 3 is 2.64 bits per heavy atom. The van der Waals surface area contributed by atoms with Crippen LogP contribution in [0.15, 0.2) is 6.20 Å². The van der Waals surface area contributed by atoms with Crippen molar-refractivity contribution in [2.24, 2.45) is 0 Å². The van der Waals surface area contributed by atoms with Gasteiger partial charge in [0, 0.05) is 9.77 Å². The third-order valence-electron chi connectivity index (χ3n) is 1.66. The lowest BCUT2D eigenvalue weighted by Gasteiger charge is -2.07. The quantitative estimate of drug-likeness (QED) is 0.615. The molecule has 1 aromatic heterocycles. The Hall–Kier alpha value is -0.300. The molecule has 2 nitrogen and oxygen atoms in total. The smallest absolute Gasteiger partial charge is 0.266 e. The van der Waals surface area contributed by atoms with Crippen molar-refractivity contribution in [1.82, 2.24) is 4.98 Å². The Morgan fingerprint density at radius 1 is 1.64 bits per heavy atom. The van der Waals surface area contributed by atoms with E-state index in [1.165, 1.54) is 0 Å². The molecule has 1 heterocycles. The lowest BCUT2D eigenvalue weighted by atomic mass is 10.1. The van der Waals surface area contributed by atoms with Crippen LogP contribution < -0.4 is 0 Å². The van der Waals surface area contributed by atoms with Crippen LogP contribution in [0.1, 0.15) is 28.0 Å². The van der Waals surface area contributed by atoms with Gasteiger partial charge in [-0.05, 0) is 41.1 Å². The van der Waals surface area contributed by atoms with E-state index in [4.69, 9.17) is 11.6 Å². The van der Waals surface area contributed by atoms with Gasteiger partial charge in [-0.2, -0.15) is 0 Å². The summed E-state index contributed by atoms with van der Waals surface area (Å²) < 4.78 is 25.0. The molecule has 0 atom stereocenters. The van der Waals surface area contributed by atoms with Crippen LogP contribution in [-0.2, 0) is 0 Å². The number of pyridine rings is 1. The van der Waals surface area contributed by atoms with Crippen molar-refractivity contribution in [2.45, 2.75) is 13.3 Å². The highest BCUT2D eigenvalue weighted by Gasteiger charge is 2.20. The molecule has 0 saturated carbocycles. The Labute approximate surface area is 97.8 Å². The summed E-state index contributed by atoms with van der Waals surface area (Å²) >= 11 is 6.93. The second-order valence-corrected chi connectivity index (χ2v) is 3.98. The molecule has 0 aliphatic heterocycles. The minimum Gasteiger partial charge on any atom is -0.275 e. The van der Waals surface area contributed by atoms with E-state index in [0.717, 1.165) is 6.20 Å². The number of carbonyl (C=O) groups excluding carboxylic acids is 1. The Balaban J connectivity index is 3.41. The van der Waals surface area contributed by atoms with Gasteiger partial charge in [-0.3, -0.25) is 9.78 Å². The fourth-order valence-electron chi connectivity index (χ4n) is 0.971. The molecule has 0 spiro atoms. The maximum Gasteiger partial charge on any atom is 0.266 e. The van der Waals surface area contributed by atoms with E-state index in [1.54, 1.807) is 29.5 Å². The molecule has 0 bridgehead atoms. The molecule has 0 fully saturated rings. The third kappa shape index (κ3) is 2.20. The summed E-state index contributed by atoms with van der Waals surface area (Å²) in [5.74, 6) is 0. The lowest BCUT2D eigenvalue weighted by molar-refractivity contribution is 0.107. The van der Waals surface area contributed by atoms with E-state index in [9.17, 15) is 13.6 Å². The summed E-state index contributed by atoms with van der Waals surface area (Å²) in [6.07, 6.45) is -1.59. The molecule has 1 aromatic rings. The molecule has 0 aliphatic rings. The number of rotatable bonds is 2. The van der Waals surface area contributed by atoms with E-state index in [-0.39, 0.29) is 14.7 Å². The zero-order valence-electron chi connectivity index (χ0n) is 7.02. The number of carbonyl (C=O) groups is 1. The average Bonchev–Trinajstić information content (AvgIpc) is 2.02. The molecule has 0 aliphatic carbocycles. The molecule has 0 radical (unpaired) electrons. The zero-order valence-corrected chi connectivity index (χ0v) is 9.94. The van der Waals surface area contributed by atoms with Gasteiger partial charge in [-0.1, -0.05) is 0 Å². The van der Waals surface area contributed by atoms with Gasteiger partial charge in [0.15, 0.2) is 0 Å². The highest BCUT2D eigenvalue weighted by molar-refractivity contribution is 14.1. The fourth-order valence-corrected chi connectivity index (χ4v) is 2.37. The van der Waals surface area contributed by atoms with Gasteiger partial charge in [-0.25, -0.2) is 8.78 Å². The highest BCUT2D eigenvalue weighted by Crippen LogP contribution is 2.28. The summed E-state index contributed by atoms with van der Waals surface area (Å²) in [5.41, 5.74) is 0.157. The molecular weight excluding hydrogens is 326 g/mol. The van der Waals surface area contributed by atoms with Crippen molar-refractivity contribution in [3.63, 3.8) is 0 Å². The van der Waals surface area contributed by atoms with Crippen LogP contribution in [0.3, 0.4) is 0 Å². The van der Waals surface area contributed by atoms with Crippen LogP contribution in [-0.4, -0.2) is 10.2 Å². The summed E-state index contributed by atoms with van der Waals surface area (Å²) in [4.78, 5) is 14.6. The van der Waals surface area contributed by atoms with E-state index in [2.05, 4.69) is 4.98 Å². The monoisotopic (exact) mass is 331 g/mol.